The van der Waals surface area contributed by atoms with Crippen molar-refractivity contribution in [2.75, 3.05) is 11.9 Å². The number of hydrogen-bond acceptors (Lipinski definition) is 4. The Labute approximate surface area is 123 Å². The number of pyridine rings is 2. The molecule has 0 radical (unpaired) electrons. The van der Waals surface area contributed by atoms with Crippen molar-refractivity contribution < 1.29 is 4.79 Å². The highest BCUT2D eigenvalue weighted by Crippen LogP contribution is 2.05. The molecule has 2 aromatic rings. The Kier molecular flexibility index (Phi) is 4.71. The number of anilines is 1. The summed E-state index contributed by atoms with van der Waals surface area (Å²) in [7, 11) is 0. The van der Waals surface area contributed by atoms with Gasteiger partial charge in [0.2, 0.25) is 0 Å². The second kappa shape index (κ2) is 6.69. The molecule has 0 aliphatic rings. The highest BCUT2D eigenvalue weighted by atomic mass is 16.2. The van der Waals surface area contributed by atoms with Gasteiger partial charge in [0, 0.05) is 25.1 Å². The molecule has 0 saturated carbocycles. The van der Waals surface area contributed by atoms with Gasteiger partial charge in [-0.1, -0.05) is 6.07 Å². The summed E-state index contributed by atoms with van der Waals surface area (Å²) in [5.41, 5.74) is 8.00. The Balaban J connectivity index is 1.97. The second-order valence-electron chi connectivity index (χ2n) is 4.88. The van der Waals surface area contributed by atoms with Crippen LogP contribution in [0.2, 0.25) is 0 Å². The number of carbonyl (C=O) groups excluding carboxylic acids is 1. The van der Waals surface area contributed by atoms with E-state index in [-0.39, 0.29) is 5.49 Å². The van der Waals surface area contributed by atoms with Crippen molar-refractivity contribution >= 4 is 11.7 Å². The highest BCUT2D eigenvalue weighted by molar-refractivity contribution is 5.75. The van der Waals surface area contributed by atoms with E-state index in [0.29, 0.717) is 12.2 Å². The topological polar surface area (TPSA) is 96.8 Å². The van der Waals surface area contributed by atoms with Crippen LogP contribution in [0.5, 0.6) is 0 Å². The van der Waals surface area contributed by atoms with E-state index in [1.54, 1.807) is 12.4 Å². The van der Waals surface area contributed by atoms with Crippen molar-refractivity contribution in [3.63, 3.8) is 0 Å². The SMILES string of the molecule is Cc1cc(NCCCc2cccnc2)c(=N)n(C(N)=O)c1. The molecule has 0 saturated heterocycles. The van der Waals surface area contributed by atoms with Crippen molar-refractivity contribution in [1.29, 1.82) is 5.41 Å². The van der Waals surface area contributed by atoms with Gasteiger partial charge in [0.15, 0.2) is 5.49 Å². The molecular formula is C15H19N5O. The molecular weight excluding hydrogens is 266 g/mol. The third-order valence-corrected chi connectivity index (χ3v) is 3.12. The molecule has 2 aromatic heterocycles. The van der Waals surface area contributed by atoms with Crippen LogP contribution >= 0.6 is 0 Å². The number of amides is 1. The molecule has 0 aromatic carbocycles. The van der Waals surface area contributed by atoms with Crippen LogP contribution in [0.4, 0.5) is 10.5 Å². The Morgan fingerprint density at radius 2 is 2.33 bits per heavy atom. The third kappa shape index (κ3) is 3.92. The molecule has 6 nitrogen and oxygen atoms in total. The molecule has 0 fully saturated rings. The van der Waals surface area contributed by atoms with Crippen LogP contribution in [0.3, 0.4) is 0 Å². The first kappa shape index (κ1) is 14.8. The molecule has 4 N–H and O–H groups in total. The number of hydrogen-bond donors (Lipinski definition) is 3. The van der Waals surface area contributed by atoms with Crippen molar-refractivity contribution in [1.82, 2.24) is 9.55 Å². The number of nitrogens with zero attached hydrogens (tertiary/aromatic N) is 2. The third-order valence-electron chi connectivity index (χ3n) is 3.12. The van der Waals surface area contributed by atoms with Gasteiger partial charge in [-0.15, -0.1) is 0 Å². The molecule has 0 atom stereocenters. The number of nitrogens with two attached hydrogens (primary N) is 1. The second-order valence-corrected chi connectivity index (χ2v) is 4.88. The molecule has 21 heavy (non-hydrogen) atoms. The van der Waals surface area contributed by atoms with Gasteiger partial charge in [0.1, 0.15) is 0 Å². The number of primary amides is 1. The van der Waals surface area contributed by atoms with Gasteiger partial charge in [0.05, 0.1) is 5.69 Å². The van der Waals surface area contributed by atoms with Gasteiger partial charge in [-0.2, -0.15) is 0 Å². The largest absolute Gasteiger partial charge is 0.382 e. The lowest BCUT2D eigenvalue weighted by Gasteiger charge is -2.11. The van der Waals surface area contributed by atoms with E-state index in [9.17, 15) is 4.79 Å². The average Bonchev–Trinajstić information content (AvgIpc) is 2.47. The first-order valence-electron chi connectivity index (χ1n) is 6.78. The lowest BCUT2D eigenvalue weighted by atomic mass is 10.1. The fraction of sp³-hybridized carbons (Fsp3) is 0.267. The summed E-state index contributed by atoms with van der Waals surface area (Å²) in [6.45, 7) is 2.57. The summed E-state index contributed by atoms with van der Waals surface area (Å²) in [5.74, 6) is 0. The summed E-state index contributed by atoms with van der Waals surface area (Å²) in [5, 5.41) is 11.1. The van der Waals surface area contributed by atoms with E-state index in [2.05, 4.69) is 10.3 Å². The molecule has 2 heterocycles. The Bertz CT molecular complexity index is 678. The standard InChI is InChI=1S/C15H19N5O/c1-11-8-13(14(16)20(10-11)15(17)21)19-7-3-5-12-4-2-6-18-9-12/h2,4,6,8-10,16,19H,3,5,7H2,1H3,(H2,17,21). The predicted molar refractivity (Wildman–Crippen MR) is 81.1 cm³/mol. The van der Waals surface area contributed by atoms with Crippen LogP contribution in [0.15, 0.2) is 36.8 Å². The van der Waals surface area contributed by atoms with E-state index in [1.807, 2.05) is 31.3 Å². The lowest BCUT2D eigenvalue weighted by Crippen LogP contribution is -2.33. The van der Waals surface area contributed by atoms with Gasteiger partial charge in [-0.25, -0.2) is 4.79 Å². The maximum Gasteiger partial charge on any atom is 0.324 e. The molecule has 6 heteroatoms. The smallest absolute Gasteiger partial charge is 0.324 e. The number of aryl methyl sites for hydroxylation is 2. The van der Waals surface area contributed by atoms with E-state index in [1.165, 1.54) is 5.56 Å². The number of rotatable bonds is 5. The summed E-state index contributed by atoms with van der Waals surface area (Å²) in [6.07, 6.45) is 6.99. The lowest BCUT2D eigenvalue weighted by molar-refractivity contribution is 0.249. The van der Waals surface area contributed by atoms with Crippen LogP contribution in [0.25, 0.3) is 0 Å². The normalized spacial score (nSPS) is 10.3. The van der Waals surface area contributed by atoms with Crippen molar-refractivity contribution in [2.24, 2.45) is 5.73 Å². The summed E-state index contributed by atoms with van der Waals surface area (Å²) in [6, 6.07) is 5.14. The zero-order valence-corrected chi connectivity index (χ0v) is 12.0. The minimum absolute atomic E-state index is 0.0782. The quantitative estimate of drug-likeness (QED) is 0.728. The minimum atomic E-state index is -0.651. The number of nitrogens with one attached hydrogen (secondary N) is 2. The van der Waals surface area contributed by atoms with E-state index in [0.717, 1.165) is 23.0 Å². The van der Waals surface area contributed by atoms with E-state index in [4.69, 9.17) is 11.1 Å². The Morgan fingerprint density at radius 1 is 1.52 bits per heavy atom. The van der Waals surface area contributed by atoms with Crippen molar-refractivity contribution in [2.45, 2.75) is 19.8 Å². The maximum atomic E-state index is 11.3. The van der Waals surface area contributed by atoms with Crippen LogP contribution in [0, 0.1) is 12.3 Å². The monoisotopic (exact) mass is 285 g/mol. The van der Waals surface area contributed by atoms with Crippen molar-refractivity contribution in [3.8, 4) is 0 Å². The van der Waals surface area contributed by atoms with Crippen LogP contribution in [0.1, 0.15) is 17.5 Å². The maximum absolute atomic E-state index is 11.3. The highest BCUT2D eigenvalue weighted by Gasteiger charge is 2.05. The summed E-state index contributed by atoms with van der Waals surface area (Å²) >= 11 is 0. The minimum Gasteiger partial charge on any atom is -0.382 e. The van der Waals surface area contributed by atoms with Gasteiger partial charge in [-0.05, 0) is 43.0 Å². The predicted octanol–water partition coefficient (Wildman–Crippen LogP) is 1.64. The fourth-order valence-electron chi connectivity index (χ4n) is 2.10. The average molecular weight is 285 g/mol. The van der Waals surface area contributed by atoms with Crippen LogP contribution < -0.4 is 16.5 Å². The molecule has 0 aliphatic carbocycles. The molecule has 1 amide bonds. The summed E-state index contributed by atoms with van der Waals surface area (Å²) in [4.78, 5) is 15.3. The fourth-order valence-corrected chi connectivity index (χ4v) is 2.10. The van der Waals surface area contributed by atoms with Crippen LogP contribution in [-0.2, 0) is 6.42 Å². The molecule has 0 aliphatic heterocycles. The van der Waals surface area contributed by atoms with Crippen LogP contribution in [-0.4, -0.2) is 22.1 Å². The Hall–Kier alpha value is -2.63. The Morgan fingerprint density at radius 3 is 3.00 bits per heavy atom. The molecule has 0 spiro atoms. The first-order valence-corrected chi connectivity index (χ1v) is 6.78. The summed E-state index contributed by atoms with van der Waals surface area (Å²) < 4.78 is 1.14. The van der Waals surface area contributed by atoms with Gasteiger partial charge in [0.25, 0.3) is 0 Å². The molecule has 0 unspecified atom stereocenters. The van der Waals surface area contributed by atoms with E-state index >= 15 is 0 Å². The number of aromatic nitrogens is 2. The number of carbonyl (C=O) groups is 1. The zero-order valence-electron chi connectivity index (χ0n) is 12.0. The molecule has 0 bridgehead atoms. The zero-order chi connectivity index (χ0) is 15.2. The van der Waals surface area contributed by atoms with Gasteiger partial charge in [-0.3, -0.25) is 15.0 Å². The van der Waals surface area contributed by atoms with E-state index < -0.39 is 6.03 Å². The first-order chi connectivity index (χ1) is 10.1. The van der Waals surface area contributed by atoms with Gasteiger partial charge >= 0.3 is 6.03 Å². The van der Waals surface area contributed by atoms with Crippen molar-refractivity contribution in [3.05, 3.63) is 53.4 Å². The molecule has 2 rings (SSSR count). The van der Waals surface area contributed by atoms with Gasteiger partial charge < -0.3 is 11.1 Å². The molecule has 110 valence electrons.